The highest BCUT2D eigenvalue weighted by Gasteiger charge is 2.40. The molecule has 1 aliphatic heterocycles. The molecule has 1 N–H and O–H groups in total. The first-order chi connectivity index (χ1) is 10.6. The lowest BCUT2D eigenvalue weighted by Crippen LogP contribution is -2.45. The predicted molar refractivity (Wildman–Crippen MR) is 82.7 cm³/mol. The second kappa shape index (κ2) is 7.29. The van der Waals surface area contributed by atoms with E-state index in [-0.39, 0.29) is 5.91 Å². The van der Waals surface area contributed by atoms with Gasteiger partial charge in [0.2, 0.25) is 5.91 Å². The number of hydrogen-bond donors (Lipinski definition) is 1. The van der Waals surface area contributed by atoms with Crippen LogP contribution in [0.2, 0.25) is 0 Å². The number of likely N-dealkylation sites (tertiary alicyclic amines) is 1. The fourth-order valence-corrected chi connectivity index (χ4v) is 3.02. The van der Waals surface area contributed by atoms with Crippen LogP contribution in [0.1, 0.15) is 44.2 Å². The van der Waals surface area contributed by atoms with E-state index in [4.69, 9.17) is 4.74 Å². The first-order valence-corrected chi connectivity index (χ1v) is 7.74. The number of piperidine rings is 1. The molecule has 22 heavy (non-hydrogen) atoms. The molecule has 120 valence electrons. The molecule has 0 saturated carbocycles. The van der Waals surface area contributed by atoms with Gasteiger partial charge in [0.15, 0.2) is 0 Å². The van der Waals surface area contributed by atoms with E-state index in [1.54, 1.807) is 12.0 Å². The quantitative estimate of drug-likeness (QED) is 0.877. The summed E-state index contributed by atoms with van der Waals surface area (Å²) in [5.74, 6) is -0.623. The number of methoxy groups -OCH3 is 1. The van der Waals surface area contributed by atoms with E-state index >= 15 is 0 Å². The number of hydrogen-bond acceptors (Lipinski definition) is 3. The summed E-state index contributed by atoms with van der Waals surface area (Å²) < 4.78 is 5.15. The number of rotatable bonds is 6. The van der Waals surface area contributed by atoms with Crippen LogP contribution in [0, 0.1) is 5.92 Å². The topological polar surface area (TPSA) is 66.8 Å². The van der Waals surface area contributed by atoms with E-state index in [1.165, 1.54) is 0 Å². The number of carboxylic acid groups (broad SMARTS) is 1. The van der Waals surface area contributed by atoms with Gasteiger partial charge in [-0.2, -0.15) is 0 Å². The van der Waals surface area contributed by atoms with E-state index in [0.29, 0.717) is 19.4 Å². The molecule has 1 amide bonds. The number of carbonyl (C=O) groups is 2. The minimum Gasteiger partial charge on any atom is -0.497 e. The zero-order valence-electron chi connectivity index (χ0n) is 13.1. The van der Waals surface area contributed by atoms with Crippen molar-refractivity contribution in [2.75, 3.05) is 13.7 Å². The minimum absolute atomic E-state index is 0.0479. The van der Waals surface area contributed by atoms with Gasteiger partial charge in [0, 0.05) is 13.0 Å². The molecule has 0 radical (unpaired) electrons. The Labute approximate surface area is 130 Å². The number of amides is 1. The standard InChI is InChI=1S/C17H23NO4/c1-3-4-11-18-15(19)10-9-14(17(20)21)16(18)12-5-7-13(22-2)8-6-12/h5-8,14,16H,3-4,9-11H2,1-2H3,(H,20,21)/t14-,16-/m1/s1. The molecule has 0 spiro atoms. The summed E-state index contributed by atoms with van der Waals surface area (Å²) >= 11 is 0. The average Bonchev–Trinajstić information content (AvgIpc) is 2.53. The summed E-state index contributed by atoms with van der Waals surface area (Å²) in [6.45, 7) is 2.67. The monoisotopic (exact) mass is 305 g/mol. The fourth-order valence-electron chi connectivity index (χ4n) is 3.02. The van der Waals surface area contributed by atoms with E-state index in [0.717, 1.165) is 24.2 Å². The third-order valence-corrected chi connectivity index (χ3v) is 4.23. The van der Waals surface area contributed by atoms with Crippen molar-refractivity contribution in [3.8, 4) is 5.75 Å². The molecule has 0 unspecified atom stereocenters. The van der Waals surface area contributed by atoms with Gasteiger partial charge in [0.1, 0.15) is 5.75 Å². The van der Waals surface area contributed by atoms with Gasteiger partial charge in [-0.3, -0.25) is 9.59 Å². The normalized spacial score (nSPS) is 21.7. The molecular weight excluding hydrogens is 282 g/mol. The van der Waals surface area contributed by atoms with Crippen LogP contribution in [0.3, 0.4) is 0 Å². The SMILES string of the molecule is CCCCN1C(=O)CC[C@@H](C(=O)O)[C@H]1c1ccc(OC)cc1. The zero-order valence-corrected chi connectivity index (χ0v) is 13.1. The fraction of sp³-hybridized carbons (Fsp3) is 0.529. The van der Waals surface area contributed by atoms with Crippen LogP contribution in [0.5, 0.6) is 5.75 Å². The van der Waals surface area contributed by atoms with Crippen molar-refractivity contribution in [1.29, 1.82) is 0 Å². The Kier molecular flexibility index (Phi) is 5.41. The van der Waals surface area contributed by atoms with Crippen molar-refractivity contribution in [2.45, 2.75) is 38.6 Å². The summed E-state index contributed by atoms with van der Waals surface area (Å²) in [7, 11) is 1.59. The number of carboxylic acids is 1. The molecule has 2 rings (SSSR count). The first-order valence-electron chi connectivity index (χ1n) is 7.74. The number of nitrogens with zero attached hydrogens (tertiary/aromatic N) is 1. The number of unbranched alkanes of at least 4 members (excludes halogenated alkanes) is 1. The van der Waals surface area contributed by atoms with Crippen LogP contribution in [-0.2, 0) is 9.59 Å². The van der Waals surface area contributed by atoms with Gasteiger partial charge in [-0.15, -0.1) is 0 Å². The van der Waals surface area contributed by atoms with Gasteiger partial charge in [-0.25, -0.2) is 0 Å². The molecule has 2 atom stereocenters. The summed E-state index contributed by atoms with van der Waals surface area (Å²) in [5, 5.41) is 9.54. The molecule has 5 nitrogen and oxygen atoms in total. The van der Waals surface area contributed by atoms with Crippen molar-refractivity contribution < 1.29 is 19.4 Å². The van der Waals surface area contributed by atoms with Crippen LogP contribution in [0.15, 0.2) is 24.3 Å². The van der Waals surface area contributed by atoms with Crippen LogP contribution >= 0.6 is 0 Å². The van der Waals surface area contributed by atoms with Crippen molar-refractivity contribution >= 4 is 11.9 Å². The van der Waals surface area contributed by atoms with Crippen molar-refractivity contribution in [2.24, 2.45) is 5.92 Å². The van der Waals surface area contributed by atoms with Crippen molar-refractivity contribution in [3.63, 3.8) is 0 Å². The first kappa shape index (κ1) is 16.3. The minimum atomic E-state index is -0.838. The lowest BCUT2D eigenvalue weighted by molar-refractivity contribution is -0.152. The van der Waals surface area contributed by atoms with Gasteiger partial charge in [0.05, 0.1) is 19.1 Å². The van der Waals surface area contributed by atoms with E-state index in [2.05, 4.69) is 6.92 Å². The Bertz CT molecular complexity index is 526. The maximum atomic E-state index is 12.3. The highest BCUT2D eigenvalue weighted by atomic mass is 16.5. The van der Waals surface area contributed by atoms with Gasteiger partial charge in [-0.1, -0.05) is 25.5 Å². The molecule has 5 heteroatoms. The van der Waals surface area contributed by atoms with Gasteiger partial charge >= 0.3 is 5.97 Å². The Morgan fingerprint density at radius 2 is 2.05 bits per heavy atom. The molecule has 1 aromatic rings. The highest BCUT2D eigenvalue weighted by molar-refractivity contribution is 5.81. The largest absolute Gasteiger partial charge is 0.497 e. The van der Waals surface area contributed by atoms with Crippen LogP contribution in [0.25, 0.3) is 0 Å². The molecule has 1 aromatic carbocycles. The molecule has 0 bridgehead atoms. The lowest BCUT2D eigenvalue weighted by Gasteiger charge is -2.40. The second-order valence-electron chi connectivity index (χ2n) is 5.64. The summed E-state index contributed by atoms with van der Waals surface area (Å²) in [5.41, 5.74) is 0.859. The van der Waals surface area contributed by atoms with Crippen molar-refractivity contribution in [1.82, 2.24) is 4.90 Å². The smallest absolute Gasteiger partial charge is 0.308 e. The van der Waals surface area contributed by atoms with E-state index in [9.17, 15) is 14.7 Å². The van der Waals surface area contributed by atoms with Gasteiger partial charge in [-0.05, 0) is 30.5 Å². The molecule has 1 saturated heterocycles. The Balaban J connectivity index is 2.34. The molecule has 0 aromatic heterocycles. The predicted octanol–water partition coefficient (Wildman–Crippen LogP) is 2.86. The zero-order chi connectivity index (χ0) is 16.1. The maximum Gasteiger partial charge on any atom is 0.308 e. The molecule has 1 aliphatic rings. The molecular formula is C17H23NO4. The van der Waals surface area contributed by atoms with E-state index in [1.807, 2.05) is 24.3 Å². The van der Waals surface area contributed by atoms with E-state index < -0.39 is 17.9 Å². The van der Waals surface area contributed by atoms with Gasteiger partial charge in [0.25, 0.3) is 0 Å². The van der Waals surface area contributed by atoms with Gasteiger partial charge < -0.3 is 14.7 Å². The Morgan fingerprint density at radius 3 is 2.59 bits per heavy atom. The Morgan fingerprint density at radius 1 is 1.36 bits per heavy atom. The molecule has 1 heterocycles. The molecule has 0 aliphatic carbocycles. The number of ether oxygens (including phenoxy) is 1. The van der Waals surface area contributed by atoms with Crippen LogP contribution in [0.4, 0.5) is 0 Å². The highest BCUT2D eigenvalue weighted by Crippen LogP contribution is 2.37. The van der Waals surface area contributed by atoms with Crippen LogP contribution < -0.4 is 4.74 Å². The second-order valence-corrected chi connectivity index (χ2v) is 5.64. The summed E-state index contributed by atoms with van der Waals surface area (Å²) in [4.78, 5) is 25.7. The maximum absolute atomic E-state index is 12.3. The lowest BCUT2D eigenvalue weighted by atomic mass is 9.84. The Hall–Kier alpha value is -2.04. The average molecular weight is 305 g/mol. The van der Waals surface area contributed by atoms with Crippen LogP contribution in [-0.4, -0.2) is 35.5 Å². The number of aliphatic carboxylic acids is 1. The number of benzene rings is 1. The summed E-state index contributed by atoms with van der Waals surface area (Å²) in [6.07, 6.45) is 2.56. The number of carbonyl (C=O) groups excluding carboxylic acids is 1. The molecule has 1 fully saturated rings. The summed E-state index contributed by atoms with van der Waals surface area (Å²) in [6, 6.07) is 6.95. The third-order valence-electron chi connectivity index (χ3n) is 4.23. The van der Waals surface area contributed by atoms with Crippen molar-refractivity contribution in [3.05, 3.63) is 29.8 Å². The third kappa shape index (κ3) is 3.40.